The minimum atomic E-state index is -5.24. The van der Waals surface area contributed by atoms with Crippen molar-refractivity contribution in [2.45, 2.75) is 25.1 Å². The lowest BCUT2D eigenvalue weighted by Gasteiger charge is -2.26. The Morgan fingerprint density at radius 3 is 2.49 bits per heavy atom. The molecule has 0 aliphatic carbocycles. The molecule has 12 heteroatoms. The predicted octanol–water partition coefficient (Wildman–Crippen LogP) is 5.48. The number of nitrogens with zero attached hydrogens (tertiary/aromatic N) is 2. The number of ether oxygens (including phenoxy) is 1. The van der Waals surface area contributed by atoms with Gasteiger partial charge in [-0.25, -0.2) is 9.37 Å². The van der Waals surface area contributed by atoms with Gasteiger partial charge in [-0.1, -0.05) is 23.7 Å². The van der Waals surface area contributed by atoms with Crippen molar-refractivity contribution in [2.75, 3.05) is 23.3 Å². The number of benzene rings is 2. The van der Waals surface area contributed by atoms with Crippen molar-refractivity contribution >= 4 is 40.6 Å². The topological polar surface area (TPSA) is 83.6 Å². The summed E-state index contributed by atoms with van der Waals surface area (Å²) in [6.45, 7) is 1.41. The molecule has 2 amide bonds. The third-order valence-corrected chi connectivity index (χ3v) is 5.77. The molecule has 0 radical (unpaired) electrons. The Hall–Kier alpha value is -3.70. The average Bonchev–Trinajstić information content (AvgIpc) is 2.86. The van der Waals surface area contributed by atoms with Crippen molar-refractivity contribution in [3.8, 4) is 5.75 Å². The number of carbonyl (C=O) groups excluding carboxylic acids is 2. The first kappa shape index (κ1) is 26.4. The van der Waals surface area contributed by atoms with Crippen LogP contribution in [-0.2, 0) is 4.79 Å². The van der Waals surface area contributed by atoms with Crippen LogP contribution in [0.5, 0.6) is 5.75 Å². The first-order chi connectivity index (χ1) is 17.6. The van der Waals surface area contributed by atoms with E-state index in [0.29, 0.717) is 30.8 Å². The van der Waals surface area contributed by atoms with E-state index in [2.05, 4.69) is 15.6 Å². The molecule has 37 heavy (non-hydrogen) atoms. The largest absolute Gasteiger partial charge is 0.489 e. The third-order valence-electron chi connectivity index (χ3n) is 5.55. The van der Waals surface area contributed by atoms with Gasteiger partial charge in [-0.3, -0.25) is 14.5 Å². The predicted molar refractivity (Wildman–Crippen MR) is 130 cm³/mol. The molecule has 1 saturated heterocycles. The summed E-state index contributed by atoms with van der Waals surface area (Å²) < 4.78 is 60.5. The normalized spacial score (nSPS) is 14.2. The number of hydrogen-bond donors (Lipinski definition) is 2. The maximum Gasteiger partial charge on any atom is 0.472 e. The molecule has 0 saturated carbocycles. The number of piperidine rings is 1. The van der Waals surface area contributed by atoms with E-state index in [1.54, 1.807) is 0 Å². The number of hydrogen-bond acceptors (Lipinski definition) is 5. The molecule has 1 fully saturated rings. The van der Waals surface area contributed by atoms with Gasteiger partial charge < -0.3 is 15.4 Å². The van der Waals surface area contributed by atoms with Crippen LogP contribution in [-0.4, -0.2) is 42.2 Å². The van der Waals surface area contributed by atoms with Gasteiger partial charge in [-0.15, -0.1) is 0 Å². The molecule has 2 aromatic carbocycles. The Balaban J connectivity index is 1.69. The number of amides is 2. The third kappa shape index (κ3) is 6.36. The quantitative estimate of drug-likeness (QED) is 0.407. The van der Waals surface area contributed by atoms with Crippen LogP contribution in [0.4, 0.5) is 34.8 Å². The molecule has 1 aromatic heterocycles. The average molecular weight is 537 g/mol. The molecule has 7 nitrogen and oxygen atoms in total. The SMILES string of the molecule is O=C(Nc1ccccc1N(C(=O)C(F)(F)F)c1ccc(Cl)cn1)c1ccc(F)cc1OC1CCNCC1. The molecule has 4 rings (SSSR count). The van der Waals surface area contributed by atoms with E-state index in [1.165, 1.54) is 36.4 Å². The van der Waals surface area contributed by atoms with Crippen LogP contribution >= 0.6 is 11.6 Å². The molecule has 1 aliphatic rings. The first-order valence-corrected chi connectivity index (χ1v) is 11.6. The van der Waals surface area contributed by atoms with Crippen LogP contribution in [0.3, 0.4) is 0 Å². The second kappa shape index (κ2) is 11.1. The van der Waals surface area contributed by atoms with Crippen LogP contribution < -0.4 is 20.3 Å². The molecule has 0 unspecified atom stereocenters. The number of alkyl halides is 3. The monoisotopic (exact) mass is 536 g/mol. The Kier molecular flexibility index (Phi) is 7.94. The second-order valence-electron chi connectivity index (χ2n) is 8.15. The summed E-state index contributed by atoms with van der Waals surface area (Å²) in [6, 6.07) is 11.3. The molecular weight excluding hydrogens is 516 g/mol. The van der Waals surface area contributed by atoms with Crippen LogP contribution in [0.25, 0.3) is 0 Å². The standard InChI is InChI=1S/C25H21ClF4N4O3/c26-15-5-8-22(32-14-15)34(24(36)25(28,29)30)20-4-2-1-3-19(20)33-23(35)18-7-6-16(27)13-21(18)37-17-9-11-31-12-10-17/h1-8,13-14,17,31H,9-12H2,(H,33,35). The first-order valence-electron chi connectivity index (χ1n) is 11.2. The van der Waals surface area contributed by atoms with Gasteiger partial charge in [0.05, 0.1) is 22.0 Å². The van der Waals surface area contributed by atoms with Gasteiger partial charge in [0, 0.05) is 12.3 Å². The van der Waals surface area contributed by atoms with E-state index in [1.807, 2.05) is 0 Å². The summed E-state index contributed by atoms with van der Waals surface area (Å²) in [6.07, 6.45) is -3.08. The van der Waals surface area contributed by atoms with Crippen LogP contribution in [0, 0.1) is 5.82 Å². The van der Waals surface area contributed by atoms with E-state index in [9.17, 15) is 27.2 Å². The van der Waals surface area contributed by atoms with Gasteiger partial charge in [0.1, 0.15) is 23.5 Å². The summed E-state index contributed by atoms with van der Waals surface area (Å²) in [4.78, 5) is 29.8. The van der Waals surface area contributed by atoms with Gasteiger partial charge in [0.2, 0.25) is 0 Å². The summed E-state index contributed by atoms with van der Waals surface area (Å²) in [5, 5.41) is 5.85. The van der Waals surface area contributed by atoms with E-state index in [4.69, 9.17) is 16.3 Å². The Bertz CT molecular complexity index is 1280. The lowest BCUT2D eigenvalue weighted by Crippen LogP contribution is -2.39. The molecular formula is C25H21ClF4N4O3. The lowest BCUT2D eigenvalue weighted by atomic mass is 10.1. The van der Waals surface area contributed by atoms with Gasteiger partial charge in [-0.2, -0.15) is 13.2 Å². The number of carbonyl (C=O) groups is 2. The molecule has 0 atom stereocenters. The highest BCUT2D eigenvalue weighted by molar-refractivity contribution is 6.30. The van der Waals surface area contributed by atoms with Gasteiger partial charge in [0.15, 0.2) is 0 Å². The van der Waals surface area contributed by atoms with Gasteiger partial charge in [0.25, 0.3) is 5.91 Å². The fraction of sp³-hybridized carbons (Fsp3) is 0.240. The van der Waals surface area contributed by atoms with Crippen molar-refractivity contribution < 1.29 is 31.9 Å². The molecule has 1 aliphatic heterocycles. The summed E-state index contributed by atoms with van der Waals surface area (Å²) in [7, 11) is 0. The molecule has 0 spiro atoms. The number of halogens is 5. The minimum absolute atomic E-state index is 0.00414. The molecule has 0 bridgehead atoms. The fourth-order valence-corrected chi connectivity index (χ4v) is 3.91. The number of pyridine rings is 1. The summed E-state index contributed by atoms with van der Waals surface area (Å²) in [5.74, 6) is -3.95. The zero-order valence-corrected chi connectivity index (χ0v) is 19.9. The number of anilines is 3. The molecule has 2 heterocycles. The van der Waals surface area contributed by atoms with Crippen LogP contribution in [0.15, 0.2) is 60.8 Å². The minimum Gasteiger partial charge on any atom is -0.489 e. The van der Waals surface area contributed by atoms with Crippen LogP contribution in [0.2, 0.25) is 5.02 Å². The van der Waals surface area contributed by atoms with E-state index in [-0.39, 0.29) is 39.6 Å². The van der Waals surface area contributed by atoms with E-state index < -0.39 is 23.8 Å². The molecule has 194 valence electrons. The second-order valence-corrected chi connectivity index (χ2v) is 8.59. The van der Waals surface area contributed by atoms with Crippen LogP contribution in [0.1, 0.15) is 23.2 Å². The number of nitrogens with one attached hydrogen (secondary N) is 2. The van der Waals surface area contributed by atoms with Gasteiger partial charge >= 0.3 is 12.1 Å². The zero-order chi connectivity index (χ0) is 26.6. The summed E-state index contributed by atoms with van der Waals surface area (Å²) in [5.41, 5.74) is -0.414. The summed E-state index contributed by atoms with van der Waals surface area (Å²) >= 11 is 5.81. The highest BCUT2D eigenvalue weighted by Gasteiger charge is 2.44. The Labute approximate surface area is 214 Å². The lowest BCUT2D eigenvalue weighted by molar-refractivity contribution is -0.169. The van der Waals surface area contributed by atoms with Crippen molar-refractivity contribution in [2.24, 2.45) is 0 Å². The van der Waals surface area contributed by atoms with E-state index in [0.717, 1.165) is 24.4 Å². The number of rotatable bonds is 6. The molecule has 2 N–H and O–H groups in total. The van der Waals surface area contributed by atoms with Crippen molar-refractivity contribution in [1.29, 1.82) is 0 Å². The smallest absolute Gasteiger partial charge is 0.472 e. The highest BCUT2D eigenvalue weighted by atomic mass is 35.5. The van der Waals surface area contributed by atoms with Crippen molar-refractivity contribution in [1.82, 2.24) is 10.3 Å². The number of para-hydroxylation sites is 2. The maximum absolute atomic E-state index is 14.0. The fourth-order valence-electron chi connectivity index (χ4n) is 3.80. The van der Waals surface area contributed by atoms with Crippen molar-refractivity contribution in [3.63, 3.8) is 0 Å². The molecule has 3 aromatic rings. The van der Waals surface area contributed by atoms with Crippen molar-refractivity contribution in [3.05, 3.63) is 77.2 Å². The Morgan fingerprint density at radius 2 is 1.81 bits per heavy atom. The highest BCUT2D eigenvalue weighted by Crippen LogP contribution is 2.36. The van der Waals surface area contributed by atoms with E-state index >= 15 is 0 Å². The Morgan fingerprint density at radius 1 is 1.08 bits per heavy atom. The number of aromatic nitrogens is 1. The maximum atomic E-state index is 14.0. The van der Waals surface area contributed by atoms with Gasteiger partial charge in [-0.05, 0) is 62.3 Å². The zero-order valence-electron chi connectivity index (χ0n) is 19.2.